The van der Waals surface area contributed by atoms with Crippen molar-refractivity contribution in [3.05, 3.63) is 36.0 Å². The first kappa shape index (κ1) is 15.9. The van der Waals surface area contributed by atoms with Crippen molar-refractivity contribution in [1.82, 2.24) is 9.71 Å². The van der Waals surface area contributed by atoms with Gasteiger partial charge in [-0.3, -0.25) is 4.98 Å². The highest BCUT2D eigenvalue weighted by atomic mass is 32.2. The van der Waals surface area contributed by atoms with Gasteiger partial charge in [0.25, 0.3) is 0 Å². The van der Waals surface area contributed by atoms with Crippen LogP contribution >= 0.6 is 0 Å². The highest BCUT2D eigenvalue weighted by Crippen LogP contribution is 2.23. The summed E-state index contributed by atoms with van der Waals surface area (Å²) in [6, 6.07) is 6.92. The van der Waals surface area contributed by atoms with Crippen LogP contribution in [0.3, 0.4) is 0 Å². The first-order valence-corrected chi connectivity index (χ1v) is 8.19. The smallest absolute Gasteiger partial charge is 0.243 e. The molecule has 0 spiro atoms. The van der Waals surface area contributed by atoms with Crippen molar-refractivity contribution in [2.45, 2.75) is 44.2 Å². The van der Waals surface area contributed by atoms with Gasteiger partial charge in [0.2, 0.25) is 10.0 Å². The van der Waals surface area contributed by atoms with Crippen LogP contribution in [0.5, 0.6) is 0 Å². The summed E-state index contributed by atoms with van der Waals surface area (Å²) in [5, 5.41) is 10.5. The molecule has 0 saturated carbocycles. The molecule has 0 aliphatic heterocycles. The molecule has 0 aliphatic carbocycles. The minimum Gasteiger partial charge on any atom is -0.391 e. The van der Waals surface area contributed by atoms with Gasteiger partial charge < -0.3 is 5.11 Å². The molecular weight excluding hydrogens is 288 g/mol. The van der Waals surface area contributed by atoms with E-state index in [1.807, 2.05) is 19.1 Å². The number of pyridine rings is 1. The van der Waals surface area contributed by atoms with Crippen molar-refractivity contribution >= 4 is 20.9 Å². The van der Waals surface area contributed by atoms with Crippen molar-refractivity contribution in [1.29, 1.82) is 0 Å². The van der Waals surface area contributed by atoms with Gasteiger partial charge in [-0.25, -0.2) is 13.1 Å². The van der Waals surface area contributed by atoms with Gasteiger partial charge in [-0.1, -0.05) is 12.1 Å². The summed E-state index contributed by atoms with van der Waals surface area (Å²) in [6.45, 7) is 6.73. The predicted octanol–water partition coefficient (Wildman–Crippen LogP) is 1.98. The summed E-state index contributed by atoms with van der Waals surface area (Å²) < 4.78 is 27.7. The van der Waals surface area contributed by atoms with Crippen LogP contribution < -0.4 is 4.72 Å². The second kappa shape index (κ2) is 5.36. The molecule has 114 valence electrons. The molecule has 2 aromatic rings. The first-order valence-electron chi connectivity index (χ1n) is 6.71. The summed E-state index contributed by atoms with van der Waals surface area (Å²) in [6.07, 6.45) is 0.818. The number of aryl methyl sites for hydroxylation is 1. The lowest BCUT2D eigenvalue weighted by Crippen LogP contribution is -2.50. The summed E-state index contributed by atoms with van der Waals surface area (Å²) in [4.78, 5) is 4.36. The molecule has 0 fully saturated rings. The normalized spacial score (nSPS) is 14.3. The third-order valence-corrected chi connectivity index (χ3v) is 5.25. The van der Waals surface area contributed by atoms with E-state index in [-0.39, 0.29) is 4.90 Å². The zero-order valence-electron chi connectivity index (χ0n) is 12.6. The van der Waals surface area contributed by atoms with Gasteiger partial charge in [0.05, 0.1) is 17.2 Å². The second-order valence-electron chi connectivity index (χ2n) is 5.84. The van der Waals surface area contributed by atoms with Gasteiger partial charge >= 0.3 is 0 Å². The summed E-state index contributed by atoms with van der Waals surface area (Å²) in [5.41, 5.74) is 0.428. The fourth-order valence-electron chi connectivity index (χ4n) is 1.95. The van der Waals surface area contributed by atoms with E-state index >= 15 is 0 Å². The van der Waals surface area contributed by atoms with Crippen molar-refractivity contribution < 1.29 is 13.5 Å². The molecule has 6 heteroatoms. The van der Waals surface area contributed by atoms with Gasteiger partial charge in [-0.05, 0) is 45.4 Å². The number of rotatable bonds is 4. The summed E-state index contributed by atoms with van der Waals surface area (Å²) in [7, 11) is -3.77. The van der Waals surface area contributed by atoms with E-state index in [9.17, 15) is 13.5 Å². The van der Waals surface area contributed by atoms with Crippen LogP contribution in [0, 0.1) is 6.92 Å². The van der Waals surface area contributed by atoms with Crippen LogP contribution in [0.25, 0.3) is 10.9 Å². The largest absolute Gasteiger partial charge is 0.391 e. The molecule has 2 rings (SSSR count). The predicted molar refractivity (Wildman–Crippen MR) is 82.6 cm³/mol. The number of aromatic nitrogens is 1. The molecule has 0 bridgehead atoms. The number of hydrogen-bond acceptors (Lipinski definition) is 4. The van der Waals surface area contributed by atoms with Crippen molar-refractivity contribution in [3.63, 3.8) is 0 Å². The number of benzene rings is 1. The number of sulfonamides is 1. The number of hydrogen-bond donors (Lipinski definition) is 2. The van der Waals surface area contributed by atoms with E-state index in [0.717, 1.165) is 10.9 Å². The van der Waals surface area contributed by atoms with Crippen LogP contribution in [0.2, 0.25) is 0 Å². The quantitative estimate of drug-likeness (QED) is 0.905. The van der Waals surface area contributed by atoms with Crippen molar-refractivity contribution in [3.8, 4) is 0 Å². The van der Waals surface area contributed by atoms with Gasteiger partial charge in [-0.2, -0.15) is 0 Å². The summed E-state index contributed by atoms with van der Waals surface area (Å²) >= 11 is 0. The fraction of sp³-hybridized carbons (Fsp3) is 0.400. The van der Waals surface area contributed by atoms with Crippen molar-refractivity contribution in [2.24, 2.45) is 0 Å². The maximum atomic E-state index is 12.6. The molecule has 1 heterocycles. The zero-order valence-corrected chi connectivity index (χ0v) is 13.4. The lowest BCUT2D eigenvalue weighted by atomic mass is 10.0. The van der Waals surface area contributed by atoms with Gasteiger partial charge in [0.1, 0.15) is 4.90 Å². The monoisotopic (exact) mass is 308 g/mol. The Morgan fingerprint density at radius 2 is 2.00 bits per heavy atom. The third kappa shape index (κ3) is 3.23. The molecule has 5 nitrogen and oxygen atoms in total. The molecule has 0 saturated heterocycles. The Morgan fingerprint density at radius 3 is 2.62 bits per heavy atom. The van der Waals surface area contributed by atoms with Gasteiger partial charge in [-0.15, -0.1) is 0 Å². The third-order valence-electron chi connectivity index (χ3n) is 3.54. The highest BCUT2D eigenvalue weighted by molar-refractivity contribution is 7.89. The molecule has 0 amide bonds. The van der Waals surface area contributed by atoms with Crippen LogP contribution in [-0.4, -0.2) is 30.2 Å². The Balaban J connectivity index is 2.56. The van der Waals surface area contributed by atoms with Crippen LogP contribution in [-0.2, 0) is 10.0 Å². The van der Waals surface area contributed by atoms with E-state index in [1.54, 1.807) is 33.0 Å². The lowest BCUT2D eigenvalue weighted by molar-refractivity contribution is 0.111. The Labute approximate surface area is 125 Å². The van der Waals surface area contributed by atoms with Crippen LogP contribution in [0.4, 0.5) is 0 Å². The highest BCUT2D eigenvalue weighted by Gasteiger charge is 2.31. The molecule has 1 aromatic carbocycles. The zero-order chi connectivity index (χ0) is 15.8. The van der Waals surface area contributed by atoms with Crippen molar-refractivity contribution in [2.75, 3.05) is 0 Å². The maximum Gasteiger partial charge on any atom is 0.243 e. The maximum absolute atomic E-state index is 12.6. The Kier molecular flexibility index (Phi) is 4.06. The first-order chi connectivity index (χ1) is 9.63. The molecule has 21 heavy (non-hydrogen) atoms. The van der Waals surface area contributed by atoms with Crippen LogP contribution in [0.1, 0.15) is 26.3 Å². The topological polar surface area (TPSA) is 79.3 Å². The molecular formula is C15H20N2O3S. The molecule has 2 N–H and O–H groups in total. The summed E-state index contributed by atoms with van der Waals surface area (Å²) in [5.74, 6) is 0. The van der Waals surface area contributed by atoms with Gasteiger partial charge in [0, 0.05) is 11.6 Å². The van der Waals surface area contributed by atoms with E-state index < -0.39 is 21.7 Å². The number of nitrogens with zero attached hydrogens (tertiary/aromatic N) is 1. The SMILES string of the molecule is Cc1cnc2c(S(=O)(=O)NC(C)(C)C(C)O)cccc2c1. The standard InChI is InChI=1S/C15H20N2O3S/c1-10-8-12-6-5-7-13(14(12)16-9-10)21(19,20)17-15(3,4)11(2)18/h5-9,11,17-18H,1-4H3. The Bertz CT molecular complexity index is 768. The van der Waals surface area contributed by atoms with Crippen LogP contribution in [0.15, 0.2) is 35.4 Å². The number of aliphatic hydroxyl groups excluding tert-OH is 1. The van der Waals surface area contributed by atoms with Gasteiger partial charge in [0.15, 0.2) is 0 Å². The molecule has 1 atom stereocenters. The van der Waals surface area contributed by atoms with E-state index in [0.29, 0.717) is 5.52 Å². The minimum absolute atomic E-state index is 0.119. The molecule has 0 radical (unpaired) electrons. The van der Waals surface area contributed by atoms with E-state index in [1.165, 1.54) is 6.07 Å². The average Bonchev–Trinajstić information content (AvgIpc) is 2.36. The van der Waals surface area contributed by atoms with E-state index in [2.05, 4.69) is 9.71 Å². The number of para-hydroxylation sites is 1. The second-order valence-corrected chi connectivity index (χ2v) is 7.49. The number of aliphatic hydroxyl groups is 1. The Morgan fingerprint density at radius 1 is 1.33 bits per heavy atom. The average molecular weight is 308 g/mol. The Hall–Kier alpha value is -1.50. The fourth-order valence-corrected chi connectivity index (χ4v) is 3.60. The van der Waals surface area contributed by atoms with E-state index in [4.69, 9.17) is 0 Å². The number of fused-ring (bicyclic) bond motifs is 1. The molecule has 0 aliphatic rings. The minimum atomic E-state index is -3.77. The number of nitrogens with one attached hydrogen (secondary N) is 1. The lowest BCUT2D eigenvalue weighted by Gasteiger charge is -2.29. The molecule has 1 unspecified atom stereocenters. The molecule has 1 aromatic heterocycles.